The number of aryl methyl sites for hydroxylation is 1. The lowest BCUT2D eigenvalue weighted by Crippen LogP contribution is -2.21. The van der Waals surface area contributed by atoms with Crippen molar-refractivity contribution < 1.29 is 9.26 Å². The van der Waals surface area contributed by atoms with Crippen molar-refractivity contribution in [2.45, 2.75) is 13.0 Å². The summed E-state index contributed by atoms with van der Waals surface area (Å²) in [7, 11) is 3.47. The minimum absolute atomic E-state index is 0.0726. The smallest absolute Gasteiger partial charge is 0.275 e. The van der Waals surface area contributed by atoms with Crippen LogP contribution in [0.4, 0.5) is 0 Å². The highest BCUT2D eigenvalue weighted by molar-refractivity contribution is 5.78. The van der Waals surface area contributed by atoms with Crippen LogP contribution in [0, 0.1) is 0 Å². The van der Waals surface area contributed by atoms with Crippen LogP contribution in [0.5, 0.6) is 0 Å². The summed E-state index contributed by atoms with van der Waals surface area (Å²) in [5, 5.41) is 4.78. The van der Waals surface area contributed by atoms with Gasteiger partial charge < -0.3 is 18.4 Å². The molecule has 3 aromatic rings. The summed E-state index contributed by atoms with van der Waals surface area (Å²) < 4.78 is 13.5. The van der Waals surface area contributed by atoms with E-state index >= 15 is 0 Å². The standard InChI is InChI=1S/C14H16N4O3/c1-17-6-3-10-4-7-18(14(19)13(10)17)9-12-15-11(16-21-12)5-8-20-2/h3-4,6-7H,5,8-9H2,1-2H3. The molecule has 0 N–H and O–H groups in total. The van der Waals surface area contributed by atoms with Gasteiger partial charge >= 0.3 is 0 Å². The largest absolute Gasteiger partial charge is 0.384 e. The quantitative estimate of drug-likeness (QED) is 0.699. The van der Waals surface area contributed by atoms with Crippen molar-refractivity contribution in [3.63, 3.8) is 0 Å². The Bertz CT molecular complexity index is 815. The lowest BCUT2D eigenvalue weighted by Gasteiger charge is -2.03. The molecule has 0 amide bonds. The van der Waals surface area contributed by atoms with E-state index in [1.807, 2.05) is 29.9 Å². The Morgan fingerprint density at radius 2 is 2.14 bits per heavy atom. The summed E-state index contributed by atoms with van der Waals surface area (Å²) >= 11 is 0. The average molecular weight is 288 g/mol. The SMILES string of the molecule is COCCc1noc(Cn2ccc3ccn(C)c3c2=O)n1. The van der Waals surface area contributed by atoms with Gasteiger partial charge in [-0.2, -0.15) is 4.98 Å². The fourth-order valence-corrected chi connectivity index (χ4v) is 2.25. The maximum atomic E-state index is 12.4. The number of pyridine rings is 1. The number of aromatic nitrogens is 4. The summed E-state index contributed by atoms with van der Waals surface area (Å²) in [6, 6.07) is 3.82. The van der Waals surface area contributed by atoms with E-state index < -0.39 is 0 Å². The Kier molecular flexibility index (Phi) is 3.57. The molecule has 0 saturated heterocycles. The second-order valence-corrected chi connectivity index (χ2v) is 4.83. The van der Waals surface area contributed by atoms with E-state index in [4.69, 9.17) is 9.26 Å². The molecule has 0 aliphatic rings. The highest BCUT2D eigenvalue weighted by Gasteiger charge is 2.10. The molecule has 0 bridgehead atoms. The van der Waals surface area contributed by atoms with Crippen LogP contribution >= 0.6 is 0 Å². The molecule has 21 heavy (non-hydrogen) atoms. The van der Waals surface area contributed by atoms with Crippen LogP contribution in [0.3, 0.4) is 0 Å². The van der Waals surface area contributed by atoms with Crippen molar-refractivity contribution in [3.8, 4) is 0 Å². The summed E-state index contributed by atoms with van der Waals surface area (Å²) in [6.45, 7) is 0.800. The number of hydrogen-bond acceptors (Lipinski definition) is 5. The number of fused-ring (bicyclic) bond motifs is 1. The summed E-state index contributed by atoms with van der Waals surface area (Å²) in [5.41, 5.74) is 0.591. The Morgan fingerprint density at radius 1 is 1.33 bits per heavy atom. The van der Waals surface area contributed by atoms with E-state index in [-0.39, 0.29) is 12.1 Å². The van der Waals surface area contributed by atoms with Gasteiger partial charge in [0.2, 0.25) is 5.89 Å². The van der Waals surface area contributed by atoms with E-state index in [1.165, 1.54) is 0 Å². The number of rotatable bonds is 5. The van der Waals surface area contributed by atoms with Crippen LogP contribution in [0.25, 0.3) is 10.9 Å². The molecule has 3 rings (SSSR count). The second-order valence-electron chi connectivity index (χ2n) is 4.83. The highest BCUT2D eigenvalue weighted by Crippen LogP contribution is 2.10. The number of methoxy groups -OCH3 is 1. The van der Waals surface area contributed by atoms with Crippen LogP contribution in [0.15, 0.2) is 33.8 Å². The third-order valence-electron chi connectivity index (χ3n) is 3.35. The zero-order valence-corrected chi connectivity index (χ0v) is 11.9. The molecule has 0 aromatic carbocycles. The van der Waals surface area contributed by atoms with Crippen LogP contribution in [0.1, 0.15) is 11.7 Å². The normalized spacial score (nSPS) is 11.3. The Balaban J connectivity index is 1.88. The molecular formula is C14H16N4O3. The third-order valence-corrected chi connectivity index (χ3v) is 3.35. The van der Waals surface area contributed by atoms with E-state index in [1.54, 1.807) is 17.9 Å². The predicted octanol–water partition coefficient (Wildman–Crippen LogP) is 0.960. The molecule has 0 saturated carbocycles. The molecule has 0 atom stereocenters. The van der Waals surface area contributed by atoms with Crippen molar-refractivity contribution >= 4 is 10.9 Å². The van der Waals surface area contributed by atoms with Gasteiger partial charge in [0.25, 0.3) is 5.56 Å². The van der Waals surface area contributed by atoms with Gasteiger partial charge in [-0.3, -0.25) is 4.79 Å². The summed E-state index contributed by atoms with van der Waals surface area (Å²) in [4.78, 5) is 16.7. The van der Waals surface area contributed by atoms with Crippen LogP contribution in [-0.2, 0) is 24.8 Å². The maximum absolute atomic E-state index is 12.4. The fourth-order valence-electron chi connectivity index (χ4n) is 2.25. The molecule has 0 aliphatic carbocycles. The second kappa shape index (κ2) is 5.53. The number of hydrogen-bond donors (Lipinski definition) is 0. The lowest BCUT2D eigenvalue weighted by molar-refractivity contribution is 0.199. The topological polar surface area (TPSA) is 75.1 Å². The molecular weight excluding hydrogens is 272 g/mol. The van der Waals surface area contributed by atoms with Gasteiger partial charge in [-0.25, -0.2) is 0 Å². The fraction of sp³-hybridized carbons (Fsp3) is 0.357. The first-order valence-corrected chi connectivity index (χ1v) is 6.64. The highest BCUT2D eigenvalue weighted by atomic mass is 16.5. The molecule has 110 valence electrons. The van der Waals surface area contributed by atoms with E-state index in [9.17, 15) is 4.79 Å². The molecule has 0 aliphatic heterocycles. The maximum Gasteiger partial charge on any atom is 0.275 e. The van der Waals surface area contributed by atoms with Gasteiger partial charge in [0.15, 0.2) is 5.82 Å². The van der Waals surface area contributed by atoms with Crippen molar-refractivity contribution in [2.75, 3.05) is 13.7 Å². The summed E-state index contributed by atoms with van der Waals surface area (Å²) in [6.07, 6.45) is 4.20. The minimum atomic E-state index is -0.0726. The number of ether oxygens (including phenoxy) is 1. The molecule has 0 radical (unpaired) electrons. The van der Waals surface area contributed by atoms with Gasteiger partial charge in [-0.15, -0.1) is 0 Å². The first-order chi connectivity index (χ1) is 10.2. The monoisotopic (exact) mass is 288 g/mol. The van der Waals surface area contributed by atoms with Crippen LogP contribution in [0.2, 0.25) is 0 Å². The Morgan fingerprint density at radius 3 is 2.95 bits per heavy atom. The first-order valence-electron chi connectivity index (χ1n) is 6.64. The van der Waals surface area contributed by atoms with Gasteiger partial charge in [0.05, 0.1) is 6.61 Å². The van der Waals surface area contributed by atoms with Gasteiger partial charge in [0, 0.05) is 38.4 Å². The lowest BCUT2D eigenvalue weighted by atomic mass is 10.3. The van der Waals surface area contributed by atoms with Crippen molar-refractivity contribution in [1.29, 1.82) is 0 Å². The first kappa shape index (κ1) is 13.6. The minimum Gasteiger partial charge on any atom is -0.384 e. The van der Waals surface area contributed by atoms with Gasteiger partial charge in [-0.05, 0) is 12.1 Å². The van der Waals surface area contributed by atoms with Crippen LogP contribution in [-0.4, -0.2) is 33.0 Å². The van der Waals surface area contributed by atoms with E-state index in [2.05, 4.69) is 10.1 Å². The molecule has 0 fully saturated rings. The predicted molar refractivity (Wildman–Crippen MR) is 76.2 cm³/mol. The Hall–Kier alpha value is -2.41. The summed E-state index contributed by atoms with van der Waals surface area (Å²) in [5.74, 6) is 0.997. The molecule has 3 aromatic heterocycles. The van der Waals surface area contributed by atoms with Crippen molar-refractivity contribution in [3.05, 3.63) is 46.6 Å². The van der Waals surface area contributed by atoms with Gasteiger partial charge in [-0.1, -0.05) is 5.16 Å². The van der Waals surface area contributed by atoms with Crippen molar-refractivity contribution in [2.24, 2.45) is 7.05 Å². The van der Waals surface area contributed by atoms with Crippen molar-refractivity contribution in [1.82, 2.24) is 19.3 Å². The molecule has 3 heterocycles. The number of nitrogens with zero attached hydrogens (tertiary/aromatic N) is 4. The zero-order valence-electron chi connectivity index (χ0n) is 11.9. The van der Waals surface area contributed by atoms with Crippen LogP contribution < -0.4 is 5.56 Å². The zero-order chi connectivity index (χ0) is 14.8. The molecule has 7 heteroatoms. The average Bonchev–Trinajstić information content (AvgIpc) is 3.07. The Labute approximate surface area is 120 Å². The molecule has 0 spiro atoms. The third kappa shape index (κ3) is 2.59. The van der Waals surface area contributed by atoms with Gasteiger partial charge in [0.1, 0.15) is 12.1 Å². The molecule has 0 unspecified atom stereocenters. The van der Waals surface area contributed by atoms with E-state index in [0.29, 0.717) is 30.3 Å². The molecule has 7 nitrogen and oxygen atoms in total. The van der Waals surface area contributed by atoms with E-state index in [0.717, 1.165) is 5.39 Å².